The number of rotatable bonds is 1. The first-order chi connectivity index (χ1) is 5.35. The van der Waals surface area contributed by atoms with Crippen LogP contribution in [0.4, 0.5) is 5.69 Å². The molecule has 0 aliphatic heterocycles. The number of nitrogens with zero attached hydrogens (tertiary/aromatic N) is 1. The van der Waals surface area contributed by atoms with Crippen LogP contribution in [0.1, 0.15) is 0 Å². The molecule has 0 saturated heterocycles. The van der Waals surface area contributed by atoms with E-state index in [0.717, 1.165) is 10.4 Å². The number of benzene rings is 1. The molecular formula is C6H10N2O2Si. The molecule has 0 amide bonds. The second-order valence-corrected chi connectivity index (χ2v) is 2.20. The van der Waals surface area contributed by atoms with Crippen molar-refractivity contribution in [3.05, 3.63) is 35.2 Å². The van der Waals surface area contributed by atoms with Gasteiger partial charge in [0.2, 0.25) is 0 Å². The number of hydrogen-bond donors (Lipinski definition) is 2. The minimum atomic E-state index is 1.03. The van der Waals surface area contributed by atoms with Crippen LogP contribution in [0.25, 0.3) is 0 Å². The van der Waals surface area contributed by atoms with Gasteiger partial charge < -0.3 is 10.2 Å². The molecule has 4 nitrogen and oxygen atoms in total. The van der Waals surface area contributed by atoms with Crippen LogP contribution in [0, 0.1) is 4.91 Å². The van der Waals surface area contributed by atoms with Crippen LogP contribution >= 0.6 is 0 Å². The maximum absolute atomic E-state index is 8.11. The fourth-order valence-electron chi connectivity index (χ4n) is 0.605. The molecule has 0 unspecified atom stereocenters. The van der Waals surface area contributed by atoms with Gasteiger partial charge >= 0.3 is 0 Å². The van der Waals surface area contributed by atoms with Gasteiger partial charge in [0.25, 0.3) is 0 Å². The Labute approximate surface area is 67.7 Å². The molecule has 0 heterocycles. The summed E-state index contributed by atoms with van der Waals surface area (Å²) >= 11 is 0. The van der Waals surface area contributed by atoms with E-state index in [1.807, 2.05) is 18.2 Å². The molecule has 0 fully saturated rings. The summed E-state index contributed by atoms with van der Waals surface area (Å²) in [4.78, 5) is 11.3. The Hall–Kier alpha value is -1.36. The molecule has 60 valence electrons. The zero-order valence-corrected chi connectivity index (χ0v) is 8.19. The molecule has 0 aliphatic rings. The maximum atomic E-state index is 8.11. The van der Waals surface area contributed by atoms with E-state index in [9.17, 15) is 0 Å². The van der Waals surface area contributed by atoms with E-state index >= 15 is 0 Å². The second-order valence-electron chi connectivity index (χ2n) is 1.70. The summed E-state index contributed by atoms with van der Waals surface area (Å²) in [5.41, 5.74) is 1.22. The van der Waals surface area contributed by atoms with Crippen molar-refractivity contribution in [1.29, 1.82) is 0 Å². The molecule has 1 aromatic rings. The van der Waals surface area contributed by atoms with Crippen molar-refractivity contribution in [2.45, 2.75) is 0 Å². The third kappa shape index (κ3) is 5.10. The SMILES string of the molecule is O=NO.[SiH3]Nc1ccccc1. The average molecular weight is 170 g/mol. The van der Waals surface area contributed by atoms with Gasteiger partial charge in [-0.15, -0.1) is 4.91 Å². The number of hydrogen-bond acceptors (Lipinski definition) is 3. The smallest absolute Gasteiger partial charge is 0.152 e. The summed E-state index contributed by atoms with van der Waals surface area (Å²) in [5.74, 6) is 0. The van der Waals surface area contributed by atoms with E-state index in [4.69, 9.17) is 10.1 Å². The topological polar surface area (TPSA) is 61.7 Å². The molecule has 0 aromatic heterocycles. The lowest BCUT2D eigenvalue weighted by atomic mass is 10.3. The summed E-state index contributed by atoms with van der Waals surface area (Å²) < 4.78 is 0. The van der Waals surface area contributed by atoms with Crippen molar-refractivity contribution in [3.8, 4) is 0 Å². The maximum Gasteiger partial charge on any atom is 0.152 e. The Morgan fingerprint density at radius 3 is 2.09 bits per heavy atom. The molecule has 11 heavy (non-hydrogen) atoms. The predicted octanol–water partition coefficient (Wildman–Crippen LogP) is 0.521. The fraction of sp³-hybridized carbons (Fsp3) is 0. The lowest BCUT2D eigenvalue weighted by Gasteiger charge is -1.94. The van der Waals surface area contributed by atoms with Crippen molar-refractivity contribution in [2.24, 2.45) is 5.34 Å². The van der Waals surface area contributed by atoms with Crippen LogP contribution in [-0.2, 0) is 0 Å². The average Bonchev–Trinajstić information content (AvgIpc) is 2.08. The molecule has 1 rings (SSSR count). The number of anilines is 1. The molecule has 0 saturated carbocycles. The summed E-state index contributed by atoms with van der Waals surface area (Å²) in [6.07, 6.45) is 0. The van der Waals surface area contributed by atoms with Crippen molar-refractivity contribution in [2.75, 3.05) is 4.98 Å². The first kappa shape index (κ1) is 9.64. The Morgan fingerprint density at radius 2 is 1.82 bits per heavy atom. The van der Waals surface area contributed by atoms with E-state index < -0.39 is 0 Å². The Bertz CT molecular complexity index is 193. The van der Waals surface area contributed by atoms with Crippen LogP contribution in [0.3, 0.4) is 0 Å². The number of nitrogens with one attached hydrogen (secondary N) is 1. The largest absolute Gasteiger partial charge is 0.419 e. The standard InChI is InChI=1S/C6H9NSi.HNO2/c8-7-6-4-2-1-3-5-6;2-1-3/h1-5,7H,8H3;(H,2,3). The predicted molar refractivity (Wildman–Crippen MR) is 47.6 cm³/mol. The zero-order chi connectivity index (χ0) is 8.53. The van der Waals surface area contributed by atoms with Gasteiger partial charge in [0.15, 0.2) is 5.34 Å². The monoisotopic (exact) mass is 170 g/mol. The zero-order valence-electron chi connectivity index (χ0n) is 6.19. The normalized spacial score (nSPS) is 7.64. The van der Waals surface area contributed by atoms with Gasteiger partial charge in [0, 0.05) is 5.69 Å². The molecule has 1 aromatic carbocycles. The third-order valence-electron chi connectivity index (χ3n) is 1.06. The van der Waals surface area contributed by atoms with Gasteiger partial charge in [-0.3, -0.25) is 0 Å². The summed E-state index contributed by atoms with van der Waals surface area (Å²) in [6, 6.07) is 10.2. The molecule has 0 radical (unpaired) electrons. The highest BCUT2D eigenvalue weighted by atomic mass is 28.2. The van der Waals surface area contributed by atoms with Gasteiger partial charge in [-0.05, 0) is 12.1 Å². The first-order valence-electron chi connectivity index (χ1n) is 3.04. The van der Waals surface area contributed by atoms with Gasteiger partial charge in [-0.25, -0.2) is 0 Å². The Morgan fingerprint density at radius 1 is 1.36 bits per heavy atom. The highest BCUT2D eigenvalue weighted by Crippen LogP contribution is 2.01. The van der Waals surface area contributed by atoms with Crippen LogP contribution < -0.4 is 4.98 Å². The number of para-hydroxylation sites is 1. The van der Waals surface area contributed by atoms with Crippen molar-refractivity contribution < 1.29 is 5.21 Å². The Kier molecular flexibility index (Phi) is 5.92. The minimum Gasteiger partial charge on any atom is -0.419 e. The lowest BCUT2D eigenvalue weighted by molar-refractivity contribution is 0.312. The fourth-order valence-corrected chi connectivity index (χ4v) is 0.938. The first-order valence-corrected chi connectivity index (χ1v) is 4.04. The van der Waals surface area contributed by atoms with E-state index in [-0.39, 0.29) is 0 Å². The minimum absolute atomic E-state index is 1.03. The lowest BCUT2D eigenvalue weighted by Crippen LogP contribution is -1.87. The third-order valence-corrected chi connectivity index (χ3v) is 1.64. The van der Waals surface area contributed by atoms with Crippen molar-refractivity contribution in [1.82, 2.24) is 0 Å². The highest BCUT2D eigenvalue weighted by molar-refractivity contribution is 6.15. The summed E-state index contributed by atoms with van der Waals surface area (Å²) in [6.45, 7) is 0. The molecule has 0 aliphatic carbocycles. The van der Waals surface area contributed by atoms with Crippen LogP contribution in [0.15, 0.2) is 35.7 Å². The molecular weight excluding hydrogens is 160 g/mol. The van der Waals surface area contributed by atoms with Crippen LogP contribution in [0.2, 0.25) is 0 Å². The second kappa shape index (κ2) is 6.75. The van der Waals surface area contributed by atoms with Crippen molar-refractivity contribution in [3.63, 3.8) is 0 Å². The molecule has 0 spiro atoms. The summed E-state index contributed by atoms with van der Waals surface area (Å²) in [7, 11) is 1.03. The summed E-state index contributed by atoms with van der Waals surface area (Å²) in [5, 5.41) is 7.89. The van der Waals surface area contributed by atoms with E-state index in [0.29, 0.717) is 0 Å². The highest BCUT2D eigenvalue weighted by Gasteiger charge is 1.77. The van der Waals surface area contributed by atoms with Crippen LogP contribution in [-0.4, -0.2) is 15.6 Å². The van der Waals surface area contributed by atoms with E-state index in [1.165, 1.54) is 11.0 Å². The van der Waals surface area contributed by atoms with E-state index in [1.54, 1.807) is 0 Å². The van der Waals surface area contributed by atoms with Gasteiger partial charge in [-0.2, -0.15) is 0 Å². The van der Waals surface area contributed by atoms with Gasteiger partial charge in [0.05, 0.1) is 0 Å². The van der Waals surface area contributed by atoms with Gasteiger partial charge in [0.1, 0.15) is 10.4 Å². The molecule has 2 N–H and O–H groups in total. The molecule has 0 atom stereocenters. The van der Waals surface area contributed by atoms with Gasteiger partial charge in [-0.1, -0.05) is 18.2 Å². The quantitative estimate of drug-likeness (QED) is 0.367. The van der Waals surface area contributed by atoms with Crippen molar-refractivity contribution >= 4 is 16.1 Å². The molecule has 5 heteroatoms. The Balaban J connectivity index is 0.000000292. The van der Waals surface area contributed by atoms with Crippen LogP contribution in [0.5, 0.6) is 0 Å². The molecule has 0 bridgehead atoms. The van der Waals surface area contributed by atoms with E-state index in [2.05, 4.69) is 17.1 Å².